The van der Waals surface area contributed by atoms with Gasteiger partial charge in [-0.2, -0.15) is 0 Å². The van der Waals surface area contributed by atoms with E-state index in [1.165, 1.54) is 0 Å². The zero-order valence-corrected chi connectivity index (χ0v) is 7.42. The third-order valence-electron chi connectivity index (χ3n) is 1.27. The number of rotatable bonds is 4. The van der Waals surface area contributed by atoms with Crippen LogP contribution in [-0.4, -0.2) is 31.1 Å². The number of hydrazine groups is 1. The first kappa shape index (κ1) is 10.4. The molecule has 1 amide bonds. The molecule has 0 saturated carbocycles. The molecule has 1 unspecified atom stereocenters. The van der Waals surface area contributed by atoms with Crippen LogP contribution in [-0.2, 0) is 4.79 Å². The number of nitrogens with two attached hydrogens (primary N) is 1. The van der Waals surface area contributed by atoms with Gasteiger partial charge < -0.3 is 5.73 Å². The minimum Gasteiger partial charge on any atom is -0.320 e. The van der Waals surface area contributed by atoms with Crippen molar-refractivity contribution in [2.75, 3.05) is 14.1 Å². The molecule has 0 aromatic carbocycles. The van der Waals surface area contributed by atoms with Crippen LogP contribution < -0.4 is 11.2 Å². The molecule has 0 spiro atoms. The van der Waals surface area contributed by atoms with Gasteiger partial charge in [0, 0.05) is 14.1 Å². The Hall–Kier alpha value is -0.610. The molecule has 4 nitrogen and oxygen atoms in total. The molecular formula is C7H17N3O. The van der Waals surface area contributed by atoms with Gasteiger partial charge in [-0.1, -0.05) is 13.3 Å². The van der Waals surface area contributed by atoms with Crippen LogP contribution in [0, 0.1) is 0 Å². The van der Waals surface area contributed by atoms with Gasteiger partial charge >= 0.3 is 0 Å². The summed E-state index contributed by atoms with van der Waals surface area (Å²) in [5, 5.41) is 1.60. The molecule has 1 atom stereocenters. The predicted octanol–water partition coefficient (Wildman–Crippen LogP) is -0.293. The smallest absolute Gasteiger partial charge is 0.251 e. The first-order valence-electron chi connectivity index (χ1n) is 3.81. The van der Waals surface area contributed by atoms with Crippen LogP contribution in [0.5, 0.6) is 0 Å². The highest BCUT2D eigenvalue weighted by molar-refractivity contribution is 5.80. The van der Waals surface area contributed by atoms with Gasteiger partial charge in [0.05, 0.1) is 6.04 Å². The molecule has 11 heavy (non-hydrogen) atoms. The second-order valence-corrected chi connectivity index (χ2v) is 2.77. The van der Waals surface area contributed by atoms with Crippen molar-refractivity contribution in [3.63, 3.8) is 0 Å². The van der Waals surface area contributed by atoms with Gasteiger partial charge in [-0.3, -0.25) is 10.2 Å². The summed E-state index contributed by atoms with van der Waals surface area (Å²) >= 11 is 0. The van der Waals surface area contributed by atoms with Crippen molar-refractivity contribution in [1.82, 2.24) is 10.4 Å². The number of nitrogens with one attached hydrogen (secondary N) is 1. The lowest BCUT2D eigenvalue weighted by Crippen LogP contribution is -2.46. The largest absolute Gasteiger partial charge is 0.320 e. The Labute approximate surface area is 67.7 Å². The van der Waals surface area contributed by atoms with Gasteiger partial charge in [0.15, 0.2) is 0 Å². The Morgan fingerprint density at radius 1 is 1.64 bits per heavy atom. The standard InChI is InChI=1S/C7H17N3O/c1-4-5-6(8)7(11)9-10(2)3/h6H,4-5,8H2,1-3H3,(H,9,11). The fraction of sp³-hybridized carbons (Fsp3) is 0.857. The van der Waals surface area contributed by atoms with E-state index in [4.69, 9.17) is 5.73 Å². The van der Waals surface area contributed by atoms with Crippen molar-refractivity contribution in [2.45, 2.75) is 25.8 Å². The molecular weight excluding hydrogens is 142 g/mol. The molecule has 0 aliphatic carbocycles. The Morgan fingerprint density at radius 2 is 2.18 bits per heavy atom. The summed E-state index contributed by atoms with van der Waals surface area (Å²) in [6, 6.07) is -0.373. The normalized spacial score (nSPS) is 13.2. The lowest BCUT2D eigenvalue weighted by atomic mass is 10.2. The number of carbonyl (C=O) groups is 1. The molecule has 0 rings (SSSR count). The molecule has 0 radical (unpaired) electrons. The van der Waals surface area contributed by atoms with E-state index in [1.54, 1.807) is 19.1 Å². The summed E-state index contributed by atoms with van der Waals surface area (Å²) in [5.41, 5.74) is 8.13. The number of nitrogens with zero attached hydrogens (tertiary/aromatic N) is 1. The molecule has 0 heterocycles. The average Bonchev–Trinajstić information content (AvgIpc) is 1.86. The third-order valence-corrected chi connectivity index (χ3v) is 1.27. The summed E-state index contributed by atoms with van der Waals surface area (Å²) < 4.78 is 0. The van der Waals surface area contributed by atoms with Crippen LogP contribution >= 0.6 is 0 Å². The molecule has 0 aliphatic heterocycles. The number of hydrogen-bond donors (Lipinski definition) is 2. The van der Waals surface area contributed by atoms with Crippen molar-refractivity contribution in [2.24, 2.45) is 5.73 Å². The van der Waals surface area contributed by atoms with E-state index in [0.717, 1.165) is 12.8 Å². The zero-order chi connectivity index (χ0) is 8.85. The Kier molecular flexibility index (Phi) is 4.81. The number of amides is 1. The highest BCUT2D eigenvalue weighted by atomic mass is 16.2. The van der Waals surface area contributed by atoms with E-state index >= 15 is 0 Å². The Morgan fingerprint density at radius 3 is 2.55 bits per heavy atom. The van der Waals surface area contributed by atoms with Crippen LogP contribution in [0.2, 0.25) is 0 Å². The quantitative estimate of drug-likeness (QED) is 0.554. The second-order valence-electron chi connectivity index (χ2n) is 2.77. The number of hydrogen-bond acceptors (Lipinski definition) is 3. The maximum absolute atomic E-state index is 11.1. The van der Waals surface area contributed by atoms with Crippen molar-refractivity contribution in [1.29, 1.82) is 0 Å². The summed E-state index contributed by atoms with van der Waals surface area (Å²) in [6.07, 6.45) is 1.67. The first-order chi connectivity index (χ1) is 5.07. The van der Waals surface area contributed by atoms with E-state index in [9.17, 15) is 4.79 Å². The molecule has 66 valence electrons. The van der Waals surface area contributed by atoms with Gasteiger partial charge in [-0.05, 0) is 6.42 Å². The van der Waals surface area contributed by atoms with E-state index in [0.29, 0.717) is 0 Å². The minimum atomic E-state index is -0.373. The highest BCUT2D eigenvalue weighted by Crippen LogP contribution is 1.92. The Bertz CT molecular complexity index is 125. The second kappa shape index (κ2) is 5.09. The van der Waals surface area contributed by atoms with Crippen molar-refractivity contribution >= 4 is 5.91 Å². The molecule has 0 aliphatic rings. The lowest BCUT2D eigenvalue weighted by Gasteiger charge is -2.15. The Balaban J connectivity index is 3.64. The fourth-order valence-electron chi connectivity index (χ4n) is 0.745. The first-order valence-corrected chi connectivity index (χ1v) is 3.81. The van der Waals surface area contributed by atoms with Crippen LogP contribution in [0.15, 0.2) is 0 Å². The van der Waals surface area contributed by atoms with E-state index in [-0.39, 0.29) is 11.9 Å². The molecule has 0 saturated heterocycles. The van der Waals surface area contributed by atoms with Gasteiger partial charge in [-0.25, -0.2) is 5.01 Å². The van der Waals surface area contributed by atoms with E-state index < -0.39 is 0 Å². The monoisotopic (exact) mass is 159 g/mol. The highest BCUT2D eigenvalue weighted by Gasteiger charge is 2.11. The summed E-state index contributed by atoms with van der Waals surface area (Å²) in [6.45, 7) is 2.00. The average molecular weight is 159 g/mol. The maximum atomic E-state index is 11.1. The SMILES string of the molecule is CCCC(N)C(=O)NN(C)C. The summed E-state index contributed by atoms with van der Waals surface area (Å²) in [5.74, 6) is -0.114. The van der Waals surface area contributed by atoms with Gasteiger partial charge in [0.25, 0.3) is 5.91 Å². The lowest BCUT2D eigenvalue weighted by molar-refractivity contribution is -0.126. The summed E-state index contributed by atoms with van der Waals surface area (Å²) in [7, 11) is 3.52. The van der Waals surface area contributed by atoms with Crippen LogP contribution in [0.3, 0.4) is 0 Å². The van der Waals surface area contributed by atoms with Crippen LogP contribution in [0.1, 0.15) is 19.8 Å². The van der Waals surface area contributed by atoms with Crippen molar-refractivity contribution < 1.29 is 4.79 Å². The van der Waals surface area contributed by atoms with Crippen molar-refractivity contribution in [3.05, 3.63) is 0 Å². The molecule has 0 bridgehead atoms. The van der Waals surface area contributed by atoms with E-state index in [1.807, 2.05) is 6.92 Å². The van der Waals surface area contributed by atoms with Gasteiger partial charge in [0.2, 0.25) is 0 Å². The van der Waals surface area contributed by atoms with E-state index in [2.05, 4.69) is 5.43 Å². The fourth-order valence-corrected chi connectivity index (χ4v) is 0.745. The van der Waals surface area contributed by atoms with Crippen LogP contribution in [0.4, 0.5) is 0 Å². The molecule has 0 fully saturated rings. The minimum absolute atomic E-state index is 0.114. The zero-order valence-electron chi connectivity index (χ0n) is 7.42. The van der Waals surface area contributed by atoms with Gasteiger partial charge in [-0.15, -0.1) is 0 Å². The van der Waals surface area contributed by atoms with Crippen LogP contribution in [0.25, 0.3) is 0 Å². The third kappa shape index (κ3) is 4.75. The van der Waals surface area contributed by atoms with Crippen molar-refractivity contribution in [3.8, 4) is 0 Å². The summed E-state index contributed by atoms with van der Waals surface area (Å²) in [4.78, 5) is 11.1. The topological polar surface area (TPSA) is 58.4 Å². The molecule has 3 N–H and O–H groups in total. The molecule has 4 heteroatoms. The number of carbonyl (C=O) groups excluding carboxylic acids is 1. The predicted molar refractivity (Wildman–Crippen MR) is 44.7 cm³/mol. The molecule has 0 aromatic heterocycles. The maximum Gasteiger partial charge on any atom is 0.251 e. The van der Waals surface area contributed by atoms with Gasteiger partial charge in [0.1, 0.15) is 0 Å². The molecule has 0 aromatic rings.